The highest BCUT2D eigenvalue weighted by Gasteiger charge is 2.27. The molecule has 94 valence electrons. The molecule has 1 unspecified atom stereocenters. The summed E-state index contributed by atoms with van der Waals surface area (Å²) in [5.41, 5.74) is 1.56. The number of rotatable bonds is 3. The van der Waals surface area contributed by atoms with Gasteiger partial charge in [0.1, 0.15) is 11.4 Å². The molecule has 1 N–H and O–H groups in total. The van der Waals surface area contributed by atoms with E-state index in [2.05, 4.69) is 4.98 Å². The smallest absolute Gasteiger partial charge is 0.137 e. The van der Waals surface area contributed by atoms with Crippen molar-refractivity contribution in [3.8, 4) is 5.75 Å². The van der Waals surface area contributed by atoms with Gasteiger partial charge in [0.15, 0.2) is 0 Å². The van der Waals surface area contributed by atoms with Gasteiger partial charge in [-0.15, -0.1) is 0 Å². The van der Waals surface area contributed by atoms with Crippen LogP contribution in [0.4, 0.5) is 0 Å². The van der Waals surface area contributed by atoms with Gasteiger partial charge in [-0.05, 0) is 31.0 Å². The summed E-state index contributed by atoms with van der Waals surface area (Å²) in [7, 11) is 1.59. The Morgan fingerprint density at radius 2 is 1.94 bits per heavy atom. The first kappa shape index (κ1) is 12.6. The minimum atomic E-state index is -1.08. The molecule has 1 aromatic carbocycles. The third kappa shape index (κ3) is 2.22. The predicted octanol–water partition coefficient (Wildman–Crippen LogP) is 2.65. The molecule has 0 bridgehead atoms. The number of hydrogen-bond acceptors (Lipinski definition) is 3. The third-order valence-electron chi connectivity index (χ3n) is 3.18. The Morgan fingerprint density at radius 3 is 2.61 bits per heavy atom. The Kier molecular flexibility index (Phi) is 3.34. The quantitative estimate of drug-likeness (QED) is 0.901. The minimum absolute atomic E-state index is 0.640. The molecule has 2 rings (SSSR count). The maximum Gasteiger partial charge on any atom is 0.137 e. The van der Waals surface area contributed by atoms with Crippen LogP contribution in [0.2, 0.25) is 0 Å². The zero-order valence-electron chi connectivity index (χ0n) is 10.8. The molecule has 1 atom stereocenters. The number of methoxy groups -OCH3 is 1. The van der Waals surface area contributed by atoms with Crippen LogP contribution in [-0.4, -0.2) is 17.2 Å². The number of aliphatic hydroxyl groups is 1. The maximum atomic E-state index is 10.8. The van der Waals surface area contributed by atoms with Crippen molar-refractivity contribution in [2.24, 2.45) is 0 Å². The van der Waals surface area contributed by atoms with E-state index in [1.807, 2.05) is 31.2 Å². The molecule has 1 aromatic heterocycles. The highest BCUT2D eigenvalue weighted by molar-refractivity contribution is 5.40. The lowest BCUT2D eigenvalue weighted by atomic mass is 9.86. The third-order valence-corrected chi connectivity index (χ3v) is 3.18. The number of aryl methyl sites for hydroxylation is 1. The largest absolute Gasteiger partial charge is 0.495 e. The average molecular weight is 243 g/mol. The Bertz CT molecular complexity index is 550. The van der Waals surface area contributed by atoms with Gasteiger partial charge in [0, 0.05) is 11.8 Å². The number of aromatic nitrogens is 1. The molecule has 0 amide bonds. The zero-order chi connectivity index (χ0) is 13.2. The summed E-state index contributed by atoms with van der Waals surface area (Å²) in [4.78, 5) is 4.09. The summed E-state index contributed by atoms with van der Waals surface area (Å²) in [6.45, 7) is 3.75. The Hall–Kier alpha value is -1.87. The van der Waals surface area contributed by atoms with Crippen LogP contribution in [0.25, 0.3) is 0 Å². The number of ether oxygens (including phenoxy) is 1. The van der Waals surface area contributed by atoms with Gasteiger partial charge < -0.3 is 9.84 Å². The van der Waals surface area contributed by atoms with Crippen molar-refractivity contribution in [2.45, 2.75) is 19.4 Å². The Balaban J connectivity index is 2.50. The van der Waals surface area contributed by atoms with Crippen LogP contribution in [0.1, 0.15) is 23.6 Å². The topological polar surface area (TPSA) is 42.4 Å². The normalized spacial score (nSPS) is 14.0. The molecule has 0 fully saturated rings. The van der Waals surface area contributed by atoms with E-state index in [1.165, 1.54) is 0 Å². The summed E-state index contributed by atoms with van der Waals surface area (Å²) in [5, 5.41) is 10.8. The fourth-order valence-corrected chi connectivity index (χ4v) is 2.07. The summed E-state index contributed by atoms with van der Waals surface area (Å²) in [6.07, 6.45) is 3.28. The van der Waals surface area contributed by atoms with E-state index in [1.54, 1.807) is 32.5 Å². The highest BCUT2D eigenvalue weighted by atomic mass is 16.5. The molecule has 3 nitrogen and oxygen atoms in total. The van der Waals surface area contributed by atoms with E-state index in [9.17, 15) is 5.11 Å². The van der Waals surface area contributed by atoms with Crippen molar-refractivity contribution in [3.63, 3.8) is 0 Å². The van der Waals surface area contributed by atoms with E-state index in [-0.39, 0.29) is 0 Å². The Morgan fingerprint density at radius 1 is 1.22 bits per heavy atom. The van der Waals surface area contributed by atoms with Crippen LogP contribution < -0.4 is 4.74 Å². The van der Waals surface area contributed by atoms with Crippen molar-refractivity contribution in [1.29, 1.82) is 0 Å². The molecule has 0 saturated carbocycles. The molecule has 0 aliphatic carbocycles. The minimum Gasteiger partial charge on any atom is -0.495 e. The molecule has 1 heterocycles. The standard InChI is InChI=1S/C15H17NO2/c1-11-6-4-5-7-14(11)15(2,17)12-8-13(18-3)10-16-9-12/h4-10,17H,1-3H3. The van der Waals surface area contributed by atoms with Gasteiger partial charge in [-0.2, -0.15) is 0 Å². The van der Waals surface area contributed by atoms with Crippen molar-refractivity contribution < 1.29 is 9.84 Å². The van der Waals surface area contributed by atoms with E-state index in [0.29, 0.717) is 5.75 Å². The van der Waals surface area contributed by atoms with Gasteiger partial charge in [-0.1, -0.05) is 24.3 Å². The van der Waals surface area contributed by atoms with Gasteiger partial charge in [-0.3, -0.25) is 4.98 Å². The fourth-order valence-electron chi connectivity index (χ4n) is 2.07. The molecule has 0 aliphatic heterocycles. The van der Waals surface area contributed by atoms with Gasteiger partial charge >= 0.3 is 0 Å². The van der Waals surface area contributed by atoms with Gasteiger partial charge in [0.05, 0.1) is 13.3 Å². The average Bonchev–Trinajstić information content (AvgIpc) is 2.39. The van der Waals surface area contributed by atoms with Crippen molar-refractivity contribution in [3.05, 3.63) is 59.4 Å². The van der Waals surface area contributed by atoms with Crippen LogP contribution in [0.15, 0.2) is 42.7 Å². The molecule has 2 aromatic rings. The monoisotopic (exact) mass is 243 g/mol. The molecular weight excluding hydrogens is 226 g/mol. The number of benzene rings is 1. The SMILES string of the molecule is COc1cncc(C(C)(O)c2ccccc2C)c1. The van der Waals surface area contributed by atoms with Gasteiger partial charge in [-0.25, -0.2) is 0 Å². The van der Waals surface area contributed by atoms with Crippen molar-refractivity contribution >= 4 is 0 Å². The number of hydrogen-bond donors (Lipinski definition) is 1. The lowest BCUT2D eigenvalue weighted by Gasteiger charge is -2.26. The van der Waals surface area contributed by atoms with E-state index in [0.717, 1.165) is 16.7 Å². The molecule has 0 saturated heterocycles. The second kappa shape index (κ2) is 4.78. The first-order valence-electron chi connectivity index (χ1n) is 5.83. The maximum absolute atomic E-state index is 10.8. The van der Waals surface area contributed by atoms with E-state index >= 15 is 0 Å². The van der Waals surface area contributed by atoms with E-state index in [4.69, 9.17) is 4.74 Å². The van der Waals surface area contributed by atoms with Crippen molar-refractivity contribution in [2.75, 3.05) is 7.11 Å². The first-order valence-corrected chi connectivity index (χ1v) is 5.83. The summed E-state index contributed by atoms with van der Waals surface area (Å²) < 4.78 is 5.14. The molecule has 0 spiro atoms. The van der Waals surface area contributed by atoms with Gasteiger partial charge in [0.25, 0.3) is 0 Å². The van der Waals surface area contributed by atoms with Crippen LogP contribution in [-0.2, 0) is 5.60 Å². The fraction of sp³-hybridized carbons (Fsp3) is 0.267. The lowest BCUT2D eigenvalue weighted by Crippen LogP contribution is -2.24. The van der Waals surface area contributed by atoms with Crippen LogP contribution in [0.3, 0.4) is 0 Å². The van der Waals surface area contributed by atoms with E-state index < -0.39 is 5.60 Å². The lowest BCUT2D eigenvalue weighted by molar-refractivity contribution is 0.101. The molecule has 3 heteroatoms. The number of nitrogens with zero attached hydrogens (tertiary/aromatic N) is 1. The Labute approximate surface area is 107 Å². The predicted molar refractivity (Wildman–Crippen MR) is 70.6 cm³/mol. The van der Waals surface area contributed by atoms with Crippen LogP contribution in [0, 0.1) is 6.92 Å². The summed E-state index contributed by atoms with van der Waals surface area (Å²) in [6, 6.07) is 9.59. The molecule has 0 radical (unpaired) electrons. The second-order valence-corrected chi connectivity index (χ2v) is 4.50. The van der Waals surface area contributed by atoms with Crippen LogP contribution >= 0.6 is 0 Å². The first-order chi connectivity index (χ1) is 8.55. The zero-order valence-corrected chi connectivity index (χ0v) is 10.8. The molecular formula is C15H17NO2. The summed E-state index contributed by atoms with van der Waals surface area (Å²) >= 11 is 0. The highest BCUT2D eigenvalue weighted by Crippen LogP contribution is 2.32. The van der Waals surface area contributed by atoms with Gasteiger partial charge in [0.2, 0.25) is 0 Å². The number of pyridine rings is 1. The summed E-state index contributed by atoms with van der Waals surface area (Å²) in [5.74, 6) is 0.640. The second-order valence-electron chi connectivity index (χ2n) is 4.50. The van der Waals surface area contributed by atoms with Crippen molar-refractivity contribution in [1.82, 2.24) is 4.98 Å². The molecule has 0 aliphatic rings. The van der Waals surface area contributed by atoms with Crippen LogP contribution in [0.5, 0.6) is 5.75 Å². The molecule has 18 heavy (non-hydrogen) atoms.